The molecule has 0 bridgehead atoms. The van der Waals surface area contributed by atoms with Crippen LogP contribution in [0.4, 0.5) is 10.2 Å². The summed E-state index contributed by atoms with van der Waals surface area (Å²) >= 11 is 7.43. The van der Waals surface area contributed by atoms with E-state index in [1.54, 1.807) is 18.1 Å². The zero-order valence-corrected chi connectivity index (χ0v) is 20.2. The quantitative estimate of drug-likeness (QED) is 0.248. The van der Waals surface area contributed by atoms with Gasteiger partial charge in [-0.2, -0.15) is 0 Å². The minimum Gasteiger partial charge on any atom is -0.385 e. The Balaban J connectivity index is 1.58. The third-order valence-corrected chi connectivity index (χ3v) is 6.19. The third-order valence-electron chi connectivity index (χ3n) is 5.14. The van der Waals surface area contributed by atoms with Crippen molar-refractivity contribution in [2.75, 3.05) is 50.5 Å². The van der Waals surface area contributed by atoms with Gasteiger partial charge >= 0.3 is 0 Å². The molecule has 2 heterocycles. The van der Waals surface area contributed by atoms with Crippen LogP contribution in [0.5, 0.6) is 0 Å². The maximum atomic E-state index is 13.2. The largest absolute Gasteiger partial charge is 0.385 e. The standard InChI is InChI=1S/C22H27ClFN5O3S/c1-15-13-28(9-10-29(15)21(31)16-4-6-17(24)7-5-16)19-12-18(23)26-22(27-19)33-14-20(30)25-8-3-11-32-2/h4-7,12,15H,3,8-11,13-14H2,1-2H3,(H,25,30). The topological polar surface area (TPSA) is 87.7 Å². The average Bonchev–Trinajstić information content (AvgIpc) is 2.80. The molecule has 1 fully saturated rings. The fourth-order valence-electron chi connectivity index (χ4n) is 3.46. The smallest absolute Gasteiger partial charge is 0.254 e. The fraction of sp³-hybridized carbons (Fsp3) is 0.455. The van der Waals surface area contributed by atoms with Crippen LogP contribution in [-0.2, 0) is 9.53 Å². The van der Waals surface area contributed by atoms with Crippen molar-refractivity contribution in [2.24, 2.45) is 0 Å². The molecule has 2 amide bonds. The third kappa shape index (κ3) is 7.28. The number of hydrogen-bond donors (Lipinski definition) is 1. The molecule has 2 aromatic rings. The van der Waals surface area contributed by atoms with E-state index in [1.807, 2.05) is 11.8 Å². The Morgan fingerprint density at radius 1 is 1.27 bits per heavy atom. The molecule has 11 heteroatoms. The average molecular weight is 496 g/mol. The van der Waals surface area contributed by atoms with Crippen LogP contribution in [0, 0.1) is 5.82 Å². The number of carbonyl (C=O) groups excluding carboxylic acids is 2. The molecule has 1 atom stereocenters. The summed E-state index contributed by atoms with van der Waals surface area (Å²) in [6.07, 6.45) is 0.749. The number of nitrogens with one attached hydrogen (secondary N) is 1. The van der Waals surface area contributed by atoms with Crippen molar-refractivity contribution in [1.29, 1.82) is 0 Å². The van der Waals surface area contributed by atoms with Gasteiger partial charge in [0.1, 0.15) is 16.8 Å². The molecule has 0 aliphatic carbocycles. The predicted octanol–water partition coefficient (Wildman–Crippen LogP) is 2.86. The number of rotatable bonds is 9. The van der Waals surface area contributed by atoms with Crippen molar-refractivity contribution in [3.05, 3.63) is 46.9 Å². The summed E-state index contributed by atoms with van der Waals surface area (Å²) in [6.45, 7) is 4.72. The van der Waals surface area contributed by atoms with Crippen LogP contribution in [0.2, 0.25) is 5.15 Å². The first-order valence-corrected chi connectivity index (χ1v) is 12.0. The van der Waals surface area contributed by atoms with Crippen molar-refractivity contribution in [2.45, 2.75) is 24.5 Å². The Labute approximate surface area is 201 Å². The number of carbonyl (C=O) groups is 2. The van der Waals surface area contributed by atoms with E-state index in [0.29, 0.717) is 54.5 Å². The first-order chi connectivity index (χ1) is 15.9. The summed E-state index contributed by atoms with van der Waals surface area (Å²) in [5, 5.41) is 3.53. The van der Waals surface area contributed by atoms with Gasteiger partial charge in [-0.15, -0.1) is 0 Å². The van der Waals surface area contributed by atoms with Gasteiger partial charge in [0.25, 0.3) is 5.91 Å². The summed E-state index contributed by atoms with van der Waals surface area (Å²) in [7, 11) is 1.62. The van der Waals surface area contributed by atoms with Gasteiger partial charge in [-0.25, -0.2) is 14.4 Å². The van der Waals surface area contributed by atoms with Gasteiger partial charge in [0.2, 0.25) is 5.91 Å². The molecule has 3 rings (SSSR count). The second-order valence-corrected chi connectivity index (χ2v) is 8.95. The molecule has 1 aromatic heterocycles. The number of amides is 2. The maximum Gasteiger partial charge on any atom is 0.254 e. The molecule has 0 saturated carbocycles. The van der Waals surface area contributed by atoms with Crippen LogP contribution in [0.15, 0.2) is 35.5 Å². The lowest BCUT2D eigenvalue weighted by atomic mass is 10.1. The predicted molar refractivity (Wildman–Crippen MR) is 126 cm³/mol. The highest BCUT2D eigenvalue weighted by atomic mass is 35.5. The van der Waals surface area contributed by atoms with Crippen LogP contribution in [-0.4, -0.2) is 78.4 Å². The van der Waals surface area contributed by atoms with E-state index >= 15 is 0 Å². The molecule has 1 aliphatic rings. The van der Waals surface area contributed by atoms with Gasteiger partial charge in [0.05, 0.1) is 5.75 Å². The second-order valence-electron chi connectivity index (χ2n) is 7.62. The molecule has 0 spiro atoms. The van der Waals surface area contributed by atoms with Crippen molar-refractivity contribution < 1.29 is 18.7 Å². The second kappa shape index (κ2) is 12.2. The number of thioether (sulfide) groups is 1. The van der Waals surface area contributed by atoms with E-state index in [-0.39, 0.29) is 29.4 Å². The Morgan fingerprint density at radius 3 is 2.73 bits per heavy atom. The number of nitrogens with zero attached hydrogens (tertiary/aromatic N) is 4. The molecule has 1 saturated heterocycles. The van der Waals surface area contributed by atoms with Crippen LogP contribution >= 0.6 is 23.4 Å². The van der Waals surface area contributed by atoms with Crippen molar-refractivity contribution in [3.8, 4) is 0 Å². The Hall–Kier alpha value is -2.43. The number of methoxy groups -OCH3 is 1. The van der Waals surface area contributed by atoms with E-state index in [4.69, 9.17) is 16.3 Å². The Morgan fingerprint density at radius 2 is 2.03 bits per heavy atom. The van der Waals surface area contributed by atoms with Gasteiger partial charge < -0.3 is 19.9 Å². The number of anilines is 1. The van der Waals surface area contributed by atoms with Gasteiger partial charge in [0, 0.05) is 57.6 Å². The monoisotopic (exact) mass is 495 g/mol. The van der Waals surface area contributed by atoms with Gasteiger partial charge in [0.15, 0.2) is 5.16 Å². The summed E-state index contributed by atoms with van der Waals surface area (Å²) in [5.41, 5.74) is 0.459. The number of hydrogen-bond acceptors (Lipinski definition) is 7. The highest BCUT2D eigenvalue weighted by molar-refractivity contribution is 7.99. The van der Waals surface area contributed by atoms with E-state index in [0.717, 1.165) is 6.42 Å². The molecular formula is C22H27ClFN5O3S. The molecule has 178 valence electrons. The highest BCUT2D eigenvalue weighted by Gasteiger charge is 2.29. The molecule has 0 radical (unpaired) electrons. The molecule has 1 aliphatic heterocycles. The number of aromatic nitrogens is 2. The summed E-state index contributed by atoms with van der Waals surface area (Å²) in [4.78, 5) is 37.4. The number of ether oxygens (including phenoxy) is 1. The first kappa shape index (κ1) is 25.2. The lowest BCUT2D eigenvalue weighted by Crippen LogP contribution is -2.54. The SMILES string of the molecule is COCCCNC(=O)CSc1nc(Cl)cc(N2CCN(C(=O)c3ccc(F)cc3)C(C)C2)n1. The highest BCUT2D eigenvalue weighted by Crippen LogP contribution is 2.24. The summed E-state index contributed by atoms with van der Waals surface area (Å²) in [6, 6.07) is 7.17. The number of piperazine rings is 1. The zero-order valence-electron chi connectivity index (χ0n) is 18.6. The molecule has 1 unspecified atom stereocenters. The molecule has 1 aromatic carbocycles. The van der Waals surface area contributed by atoms with E-state index in [9.17, 15) is 14.0 Å². The first-order valence-electron chi connectivity index (χ1n) is 10.6. The van der Waals surface area contributed by atoms with Crippen LogP contribution < -0.4 is 10.2 Å². The van der Waals surface area contributed by atoms with Crippen LogP contribution in [0.25, 0.3) is 0 Å². The van der Waals surface area contributed by atoms with Gasteiger partial charge in [-0.3, -0.25) is 9.59 Å². The molecule has 1 N–H and O–H groups in total. The number of benzene rings is 1. The fourth-order valence-corrected chi connectivity index (χ4v) is 4.37. The lowest BCUT2D eigenvalue weighted by molar-refractivity contribution is -0.118. The minimum atomic E-state index is -0.373. The molecular weight excluding hydrogens is 469 g/mol. The number of halogens is 2. The van der Waals surface area contributed by atoms with Gasteiger partial charge in [-0.1, -0.05) is 23.4 Å². The normalized spacial score (nSPS) is 16.1. The summed E-state index contributed by atoms with van der Waals surface area (Å²) in [5.74, 6) is 0.225. The van der Waals surface area contributed by atoms with Crippen LogP contribution in [0.3, 0.4) is 0 Å². The van der Waals surface area contributed by atoms with Crippen molar-refractivity contribution >= 4 is 41.0 Å². The Bertz CT molecular complexity index is 966. The molecule has 33 heavy (non-hydrogen) atoms. The molecule has 8 nitrogen and oxygen atoms in total. The van der Waals surface area contributed by atoms with E-state index in [1.165, 1.54) is 36.0 Å². The summed E-state index contributed by atoms with van der Waals surface area (Å²) < 4.78 is 18.1. The van der Waals surface area contributed by atoms with Crippen molar-refractivity contribution in [1.82, 2.24) is 20.2 Å². The Kier molecular flexibility index (Phi) is 9.28. The van der Waals surface area contributed by atoms with E-state index < -0.39 is 0 Å². The van der Waals surface area contributed by atoms with Crippen molar-refractivity contribution in [3.63, 3.8) is 0 Å². The van der Waals surface area contributed by atoms with E-state index in [2.05, 4.69) is 15.3 Å². The minimum absolute atomic E-state index is 0.0842. The lowest BCUT2D eigenvalue weighted by Gasteiger charge is -2.40. The van der Waals surface area contributed by atoms with Gasteiger partial charge in [-0.05, 0) is 37.6 Å². The zero-order chi connectivity index (χ0) is 23.8. The van der Waals surface area contributed by atoms with Crippen LogP contribution in [0.1, 0.15) is 23.7 Å². The maximum absolute atomic E-state index is 13.2.